The topological polar surface area (TPSA) is 90.9 Å². The van der Waals surface area contributed by atoms with Crippen LogP contribution in [0.15, 0.2) is 24.3 Å². The third-order valence-electron chi connectivity index (χ3n) is 6.75. The van der Waals surface area contributed by atoms with Crippen LogP contribution in [-0.4, -0.2) is 42.4 Å². The third kappa shape index (κ3) is 7.18. The molecule has 1 aliphatic heterocycles. The minimum absolute atomic E-state index is 0.0318. The van der Waals surface area contributed by atoms with E-state index in [2.05, 4.69) is 5.32 Å². The summed E-state index contributed by atoms with van der Waals surface area (Å²) in [6.07, 6.45) is 4.99. The van der Waals surface area contributed by atoms with Gasteiger partial charge < -0.3 is 19.5 Å². The van der Waals surface area contributed by atoms with E-state index in [-0.39, 0.29) is 19.4 Å². The molecule has 1 amide bonds. The SMILES string of the molecule is CCOC(=O)[C@@]1(Cc2ccc(F)cc2)C[C@@H]([C@H](CC2CCCCC2)NC(=O)OC(C)(C)C)OC1=O. The smallest absolute Gasteiger partial charge is 0.408 e. The fraction of sp³-hybridized carbons (Fsp3) is 0.667. The molecule has 0 bridgehead atoms. The number of amides is 1. The van der Waals surface area contributed by atoms with Crippen LogP contribution < -0.4 is 5.32 Å². The average molecular weight is 492 g/mol. The van der Waals surface area contributed by atoms with E-state index >= 15 is 0 Å². The Kier molecular flexibility index (Phi) is 8.78. The Morgan fingerprint density at radius 1 is 1.17 bits per heavy atom. The molecule has 194 valence electrons. The van der Waals surface area contributed by atoms with Gasteiger partial charge in [-0.1, -0.05) is 44.2 Å². The molecule has 8 heteroatoms. The highest BCUT2D eigenvalue weighted by molar-refractivity contribution is 6.01. The van der Waals surface area contributed by atoms with Crippen molar-refractivity contribution in [1.29, 1.82) is 0 Å². The number of rotatable bonds is 8. The minimum atomic E-state index is -1.56. The van der Waals surface area contributed by atoms with Gasteiger partial charge in [-0.15, -0.1) is 0 Å². The number of benzene rings is 1. The van der Waals surface area contributed by atoms with Crippen molar-refractivity contribution >= 4 is 18.0 Å². The first kappa shape index (κ1) is 27.0. The number of alkyl carbamates (subject to hydrolysis) is 1. The molecule has 1 N–H and O–H groups in total. The van der Waals surface area contributed by atoms with Crippen molar-refractivity contribution in [3.63, 3.8) is 0 Å². The van der Waals surface area contributed by atoms with Gasteiger partial charge in [0, 0.05) is 6.42 Å². The van der Waals surface area contributed by atoms with Gasteiger partial charge in [-0.25, -0.2) is 9.18 Å². The van der Waals surface area contributed by atoms with Gasteiger partial charge in [0.25, 0.3) is 0 Å². The lowest BCUT2D eigenvalue weighted by Gasteiger charge is -2.31. The highest BCUT2D eigenvalue weighted by Crippen LogP contribution is 2.41. The molecule has 1 aromatic carbocycles. The van der Waals surface area contributed by atoms with E-state index in [1.165, 1.54) is 18.6 Å². The lowest BCUT2D eigenvalue weighted by molar-refractivity contribution is -0.165. The summed E-state index contributed by atoms with van der Waals surface area (Å²) in [5.74, 6) is -1.35. The molecule has 2 fully saturated rings. The summed E-state index contributed by atoms with van der Waals surface area (Å²) in [5, 5.41) is 2.92. The second kappa shape index (κ2) is 11.4. The van der Waals surface area contributed by atoms with E-state index in [0.717, 1.165) is 25.7 Å². The zero-order chi connectivity index (χ0) is 25.6. The Bertz CT molecular complexity index is 890. The first-order chi connectivity index (χ1) is 16.5. The number of hydrogen-bond acceptors (Lipinski definition) is 6. The monoisotopic (exact) mass is 491 g/mol. The van der Waals surface area contributed by atoms with Gasteiger partial charge in [-0.05, 0) is 64.2 Å². The molecule has 0 spiro atoms. The van der Waals surface area contributed by atoms with Crippen LogP contribution >= 0.6 is 0 Å². The highest BCUT2D eigenvalue weighted by atomic mass is 19.1. The maximum atomic E-state index is 13.4. The molecule has 0 unspecified atom stereocenters. The molecule has 1 aromatic rings. The van der Waals surface area contributed by atoms with E-state index in [1.807, 2.05) is 0 Å². The van der Waals surface area contributed by atoms with Crippen LogP contribution in [0.25, 0.3) is 0 Å². The number of esters is 2. The molecular weight excluding hydrogens is 453 g/mol. The molecule has 3 rings (SSSR count). The van der Waals surface area contributed by atoms with Crippen molar-refractivity contribution < 1.29 is 33.0 Å². The number of nitrogens with one attached hydrogen (secondary N) is 1. The quantitative estimate of drug-likeness (QED) is 0.309. The van der Waals surface area contributed by atoms with Gasteiger partial charge in [0.15, 0.2) is 5.41 Å². The van der Waals surface area contributed by atoms with E-state index in [4.69, 9.17) is 14.2 Å². The van der Waals surface area contributed by atoms with Crippen molar-refractivity contribution in [1.82, 2.24) is 5.32 Å². The molecule has 0 radical (unpaired) electrons. The molecule has 1 heterocycles. The first-order valence-corrected chi connectivity index (χ1v) is 12.6. The summed E-state index contributed by atoms with van der Waals surface area (Å²) in [5.41, 5.74) is -1.61. The molecule has 1 aliphatic carbocycles. The second-order valence-electron chi connectivity index (χ2n) is 10.7. The maximum Gasteiger partial charge on any atom is 0.408 e. The van der Waals surface area contributed by atoms with Gasteiger partial charge in [0.1, 0.15) is 17.5 Å². The average Bonchev–Trinajstić information content (AvgIpc) is 3.11. The predicted molar refractivity (Wildman–Crippen MR) is 128 cm³/mol. The van der Waals surface area contributed by atoms with Gasteiger partial charge >= 0.3 is 18.0 Å². The number of halogens is 1. The van der Waals surface area contributed by atoms with Gasteiger partial charge in [0.05, 0.1) is 12.6 Å². The number of hydrogen-bond donors (Lipinski definition) is 1. The van der Waals surface area contributed by atoms with Crippen molar-refractivity contribution in [3.8, 4) is 0 Å². The van der Waals surface area contributed by atoms with E-state index in [9.17, 15) is 18.8 Å². The van der Waals surface area contributed by atoms with Gasteiger partial charge in [-0.3, -0.25) is 9.59 Å². The normalized spacial score (nSPS) is 23.9. The fourth-order valence-corrected chi connectivity index (χ4v) is 5.09. The van der Waals surface area contributed by atoms with Crippen LogP contribution in [0.4, 0.5) is 9.18 Å². The summed E-state index contributed by atoms with van der Waals surface area (Å²) in [6, 6.07) is 5.19. The van der Waals surface area contributed by atoms with E-state index in [1.54, 1.807) is 39.8 Å². The van der Waals surface area contributed by atoms with Crippen LogP contribution in [0.3, 0.4) is 0 Å². The number of carbonyl (C=O) groups excluding carboxylic acids is 3. The van der Waals surface area contributed by atoms with Crippen LogP contribution in [0.1, 0.15) is 78.2 Å². The highest BCUT2D eigenvalue weighted by Gasteiger charge is 2.57. The van der Waals surface area contributed by atoms with Crippen LogP contribution in [0.5, 0.6) is 0 Å². The maximum absolute atomic E-state index is 13.4. The summed E-state index contributed by atoms with van der Waals surface area (Å²) in [6.45, 7) is 7.15. The Hall–Kier alpha value is -2.64. The number of cyclic esters (lactones) is 1. The Labute approximate surface area is 207 Å². The fourth-order valence-electron chi connectivity index (χ4n) is 5.09. The van der Waals surface area contributed by atoms with Crippen LogP contribution in [0, 0.1) is 17.2 Å². The summed E-state index contributed by atoms with van der Waals surface area (Å²) >= 11 is 0. The van der Waals surface area contributed by atoms with Crippen LogP contribution in [0.2, 0.25) is 0 Å². The Balaban J connectivity index is 1.85. The minimum Gasteiger partial charge on any atom is -0.465 e. The zero-order valence-electron chi connectivity index (χ0n) is 21.2. The largest absolute Gasteiger partial charge is 0.465 e. The molecule has 3 atom stereocenters. The summed E-state index contributed by atoms with van der Waals surface area (Å²) < 4.78 is 30.0. The third-order valence-corrected chi connectivity index (χ3v) is 6.75. The van der Waals surface area contributed by atoms with Crippen molar-refractivity contribution in [2.45, 2.75) is 96.8 Å². The molecule has 7 nitrogen and oxygen atoms in total. The molecule has 1 saturated carbocycles. The second-order valence-corrected chi connectivity index (χ2v) is 10.7. The van der Waals surface area contributed by atoms with Crippen LogP contribution in [-0.2, 0) is 30.2 Å². The predicted octanol–water partition coefficient (Wildman–Crippen LogP) is 5.10. The summed E-state index contributed by atoms with van der Waals surface area (Å²) in [4.78, 5) is 39.0. The Morgan fingerprint density at radius 3 is 2.43 bits per heavy atom. The lowest BCUT2D eigenvalue weighted by Crippen LogP contribution is -2.47. The van der Waals surface area contributed by atoms with Gasteiger partial charge in [-0.2, -0.15) is 0 Å². The molecule has 1 saturated heterocycles. The van der Waals surface area contributed by atoms with Crippen molar-refractivity contribution in [3.05, 3.63) is 35.6 Å². The first-order valence-electron chi connectivity index (χ1n) is 12.6. The van der Waals surface area contributed by atoms with Gasteiger partial charge in [0.2, 0.25) is 0 Å². The zero-order valence-corrected chi connectivity index (χ0v) is 21.2. The Morgan fingerprint density at radius 2 is 1.83 bits per heavy atom. The van der Waals surface area contributed by atoms with Crippen molar-refractivity contribution in [2.24, 2.45) is 11.3 Å². The van der Waals surface area contributed by atoms with Crippen molar-refractivity contribution in [2.75, 3.05) is 6.61 Å². The number of ether oxygens (including phenoxy) is 3. The summed E-state index contributed by atoms with van der Waals surface area (Å²) in [7, 11) is 0. The molecular formula is C27H38FNO6. The molecule has 2 aliphatic rings. The lowest BCUT2D eigenvalue weighted by atomic mass is 9.76. The number of carbonyl (C=O) groups is 3. The standard InChI is InChI=1S/C27H38FNO6/c1-5-33-23(30)27(16-19-11-13-20(28)14-12-19)17-22(34-24(27)31)21(15-18-9-7-6-8-10-18)29-25(32)35-26(2,3)4/h11-14,18,21-22H,5-10,15-17H2,1-4H3,(H,29,32)/t21-,22-,27+/m0/s1. The van der Waals surface area contributed by atoms with E-state index < -0.39 is 47.0 Å². The van der Waals surface area contributed by atoms with E-state index in [0.29, 0.717) is 17.9 Å². The molecule has 35 heavy (non-hydrogen) atoms. The molecule has 0 aromatic heterocycles.